The van der Waals surface area contributed by atoms with Crippen molar-refractivity contribution in [3.05, 3.63) is 29.8 Å². The highest BCUT2D eigenvalue weighted by Crippen LogP contribution is 2.40. The van der Waals surface area contributed by atoms with Gasteiger partial charge < -0.3 is 14.8 Å². The fourth-order valence-corrected chi connectivity index (χ4v) is 2.63. The molecular weight excluding hydrogens is 266 g/mol. The van der Waals surface area contributed by atoms with E-state index in [9.17, 15) is 4.79 Å². The zero-order valence-corrected chi connectivity index (χ0v) is 13.3. The topological polar surface area (TPSA) is 47.6 Å². The smallest absolute Gasteiger partial charge is 0.329 e. The van der Waals surface area contributed by atoms with Crippen LogP contribution < -0.4 is 10.1 Å². The monoisotopic (exact) mass is 291 g/mol. The van der Waals surface area contributed by atoms with E-state index in [0.717, 1.165) is 18.6 Å². The Bertz CT molecular complexity index is 479. The number of likely N-dealkylation sites (N-methyl/N-ethyl adjacent to an activating group) is 1. The third-order valence-electron chi connectivity index (χ3n) is 4.28. The first-order valence-corrected chi connectivity index (χ1v) is 7.53. The van der Waals surface area contributed by atoms with E-state index in [1.807, 2.05) is 12.1 Å². The Morgan fingerprint density at radius 2 is 1.95 bits per heavy atom. The molecule has 1 N–H and O–H groups in total. The van der Waals surface area contributed by atoms with Crippen LogP contribution in [0.25, 0.3) is 0 Å². The van der Waals surface area contributed by atoms with Crippen LogP contribution >= 0.6 is 0 Å². The lowest BCUT2D eigenvalue weighted by atomic mass is 9.94. The van der Waals surface area contributed by atoms with Crippen molar-refractivity contribution in [1.82, 2.24) is 5.32 Å². The second-order valence-corrected chi connectivity index (χ2v) is 6.00. The molecule has 1 atom stereocenters. The molecule has 1 aromatic rings. The van der Waals surface area contributed by atoms with Gasteiger partial charge in [0.2, 0.25) is 0 Å². The number of benzene rings is 1. The van der Waals surface area contributed by atoms with Crippen LogP contribution in [0.4, 0.5) is 0 Å². The molecule has 0 aliphatic heterocycles. The van der Waals surface area contributed by atoms with E-state index in [0.29, 0.717) is 18.4 Å². The van der Waals surface area contributed by atoms with Crippen LogP contribution in [0.3, 0.4) is 0 Å². The van der Waals surface area contributed by atoms with Crippen molar-refractivity contribution in [2.45, 2.75) is 38.1 Å². The summed E-state index contributed by atoms with van der Waals surface area (Å²) in [5.41, 5.74) is 0.545. The van der Waals surface area contributed by atoms with Gasteiger partial charge in [0.05, 0.1) is 7.11 Å². The van der Waals surface area contributed by atoms with Crippen molar-refractivity contribution < 1.29 is 14.3 Å². The third kappa shape index (κ3) is 3.38. The summed E-state index contributed by atoms with van der Waals surface area (Å²) in [5, 5.41) is 3.13. The van der Waals surface area contributed by atoms with Crippen molar-refractivity contribution in [3.63, 3.8) is 0 Å². The van der Waals surface area contributed by atoms with Crippen LogP contribution in [-0.2, 0) is 9.53 Å². The molecule has 0 radical (unpaired) electrons. The molecule has 1 aliphatic carbocycles. The first kappa shape index (κ1) is 15.8. The Labute approximate surface area is 126 Å². The van der Waals surface area contributed by atoms with Crippen molar-refractivity contribution >= 4 is 5.97 Å². The molecule has 4 heteroatoms. The van der Waals surface area contributed by atoms with Gasteiger partial charge in [0, 0.05) is 0 Å². The molecule has 0 spiro atoms. The Balaban J connectivity index is 2.06. The van der Waals surface area contributed by atoms with E-state index in [1.165, 1.54) is 12.7 Å². The number of hydrogen-bond donors (Lipinski definition) is 1. The van der Waals surface area contributed by atoms with E-state index >= 15 is 0 Å². The molecule has 1 aromatic carbocycles. The highest BCUT2D eigenvalue weighted by Gasteiger charge is 2.51. The fourth-order valence-electron chi connectivity index (χ4n) is 2.63. The number of hydrogen-bond acceptors (Lipinski definition) is 4. The summed E-state index contributed by atoms with van der Waals surface area (Å²) in [6, 6.07) is 8.05. The van der Waals surface area contributed by atoms with Crippen LogP contribution in [-0.4, -0.2) is 32.3 Å². The van der Waals surface area contributed by atoms with Crippen molar-refractivity contribution in [2.75, 3.05) is 20.8 Å². The standard InChI is InChI=1S/C17H25NO3/c1-12(2)13-5-9-15(10-6-13)21-11-17(18-3,14-7-8-14)16(19)20-4/h5-6,9-10,12,14,18H,7-8,11H2,1-4H3. The lowest BCUT2D eigenvalue weighted by molar-refractivity contribution is -0.151. The number of rotatable bonds is 7. The predicted molar refractivity (Wildman–Crippen MR) is 82.6 cm³/mol. The zero-order valence-electron chi connectivity index (χ0n) is 13.3. The van der Waals surface area contributed by atoms with Gasteiger partial charge in [-0.15, -0.1) is 0 Å². The first-order valence-electron chi connectivity index (χ1n) is 7.53. The average Bonchev–Trinajstić information content (AvgIpc) is 3.33. The van der Waals surface area contributed by atoms with Crippen molar-refractivity contribution in [2.24, 2.45) is 5.92 Å². The third-order valence-corrected chi connectivity index (χ3v) is 4.28. The molecule has 0 heterocycles. The minimum atomic E-state index is -0.731. The minimum absolute atomic E-state index is 0.244. The molecular formula is C17H25NO3. The van der Waals surface area contributed by atoms with Crippen LogP contribution in [0, 0.1) is 5.92 Å². The zero-order chi connectivity index (χ0) is 15.5. The van der Waals surface area contributed by atoms with Crippen LogP contribution in [0.5, 0.6) is 5.75 Å². The second kappa shape index (κ2) is 6.48. The van der Waals surface area contributed by atoms with Gasteiger partial charge in [-0.25, -0.2) is 4.79 Å². The summed E-state index contributed by atoms with van der Waals surface area (Å²) in [6.45, 7) is 4.61. The SMILES string of the molecule is CNC(COc1ccc(C(C)C)cc1)(C(=O)OC)C1CC1. The van der Waals surface area contributed by atoms with Gasteiger partial charge in [0.15, 0.2) is 5.54 Å². The van der Waals surface area contributed by atoms with E-state index < -0.39 is 5.54 Å². The highest BCUT2D eigenvalue weighted by molar-refractivity contribution is 5.82. The maximum Gasteiger partial charge on any atom is 0.329 e. The normalized spacial score (nSPS) is 17.4. The predicted octanol–water partition coefficient (Wildman–Crippen LogP) is 2.73. The molecule has 1 fully saturated rings. The lowest BCUT2D eigenvalue weighted by Crippen LogP contribution is -2.57. The van der Waals surface area contributed by atoms with Gasteiger partial charge in [-0.05, 0) is 49.4 Å². The first-order chi connectivity index (χ1) is 10.0. The summed E-state index contributed by atoms with van der Waals surface area (Å²) in [7, 11) is 3.22. The van der Waals surface area contributed by atoms with Gasteiger partial charge in [0.1, 0.15) is 12.4 Å². The van der Waals surface area contributed by atoms with Crippen LogP contribution in [0.2, 0.25) is 0 Å². The molecule has 1 saturated carbocycles. The molecule has 2 rings (SSSR count). The number of carbonyl (C=O) groups is 1. The van der Waals surface area contributed by atoms with Crippen molar-refractivity contribution in [1.29, 1.82) is 0 Å². The van der Waals surface area contributed by atoms with Crippen molar-refractivity contribution in [3.8, 4) is 5.75 Å². The molecule has 0 bridgehead atoms. The molecule has 0 saturated heterocycles. The Morgan fingerprint density at radius 3 is 2.38 bits per heavy atom. The maximum atomic E-state index is 12.1. The van der Waals surface area contributed by atoms with Crippen LogP contribution in [0.1, 0.15) is 38.2 Å². The van der Waals surface area contributed by atoms with E-state index in [2.05, 4.69) is 31.3 Å². The number of esters is 1. The Morgan fingerprint density at radius 1 is 1.33 bits per heavy atom. The van der Waals surface area contributed by atoms with Gasteiger partial charge in [-0.2, -0.15) is 0 Å². The van der Waals surface area contributed by atoms with Gasteiger partial charge in [-0.3, -0.25) is 0 Å². The molecule has 21 heavy (non-hydrogen) atoms. The summed E-state index contributed by atoms with van der Waals surface area (Å²) in [6.07, 6.45) is 2.07. The van der Waals surface area contributed by atoms with E-state index in [1.54, 1.807) is 7.05 Å². The number of carbonyl (C=O) groups excluding carboxylic acids is 1. The van der Waals surface area contributed by atoms with E-state index in [4.69, 9.17) is 9.47 Å². The second-order valence-electron chi connectivity index (χ2n) is 6.00. The summed E-state index contributed by atoms with van der Waals surface area (Å²) in [4.78, 5) is 12.1. The van der Waals surface area contributed by atoms with Gasteiger partial charge >= 0.3 is 5.97 Å². The highest BCUT2D eigenvalue weighted by atomic mass is 16.5. The average molecular weight is 291 g/mol. The number of methoxy groups -OCH3 is 1. The summed E-state index contributed by atoms with van der Waals surface area (Å²) < 4.78 is 10.8. The maximum absolute atomic E-state index is 12.1. The summed E-state index contributed by atoms with van der Waals surface area (Å²) in [5.74, 6) is 1.33. The lowest BCUT2D eigenvalue weighted by Gasteiger charge is -2.30. The minimum Gasteiger partial charge on any atom is -0.491 e. The quantitative estimate of drug-likeness (QED) is 0.785. The summed E-state index contributed by atoms with van der Waals surface area (Å²) >= 11 is 0. The fraction of sp³-hybridized carbons (Fsp3) is 0.588. The molecule has 1 unspecified atom stereocenters. The largest absolute Gasteiger partial charge is 0.491 e. The number of nitrogens with one attached hydrogen (secondary N) is 1. The van der Waals surface area contributed by atoms with Gasteiger partial charge in [-0.1, -0.05) is 26.0 Å². The van der Waals surface area contributed by atoms with Crippen LogP contribution in [0.15, 0.2) is 24.3 Å². The number of ether oxygens (including phenoxy) is 2. The van der Waals surface area contributed by atoms with Gasteiger partial charge in [0.25, 0.3) is 0 Å². The Kier molecular flexibility index (Phi) is 4.88. The Hall–Kier alpha value is -1.55. The van der Waals surface area contributed by atoms with E-state index in [-0.39, 0.29) is 5.97 Å². The molecule has 4 nitrogen and oxygen atoms in total. The molecule has 116 valence electrons. The molecule has 0 amide bonds. The molecule has 0 aromatic heterocycles. The molecule has 1 aliphatic rings.